The van der Waals surface area contributed by atoms with Gasteiger partial charge in [0, 0.05) is 11.1 Å². The molecule has 1 heterocycles. The molecule has 0 atom stereocenters. The van der Waals surface area contributed by atoms with Gasteiger partial charge in [0.2, 0.25) is 11.8 Å². The Morgan fingerprint density at radius 2 is 1.03 bits per heavy atom. The Hall–Kier alpha value is -3.40. The van der Waals surface area contributed by atoms with E-state index in [9.17, 15) is 0 Å². The predicted molar refractivity (Wildman–Crippen MR) is 116 cm³/mol. The molecule has 1 aromatic heterocycles. The van der Waals surface area contributed by atoms with E-state index in [1.165, 1.54) is 5.56 Å². The maximum Gasteiger partial charge on any atom is 0.248 e. The van der Waals surface area contributed by atoms with Crippen LogP contribution >= 0.6 is 0 Å². The van der Waals surface area contributed by atoms with Gasteiger partial charge in [0.25, 0.3) is 0 Å². The van der Waals surface area contributed by atoms with Crippen molar-refractivity contribution in [1.82, 2.24) is 10.2 Å². The van der Waals surface area contributed by atoms with E-state index < -0.39 is 0 Å². The zero-order valence-electron chi connectivity index (χ0n) is 17.1. The SMILES string of the molecule is COc1ccc(-c2ccc(-c3nnc(-c4ccc(C(C)(C)C)cc4)o3)cc2)cc1. The molecule has 0 spiro atoms. The third-order valence-corrected chi connectivity index (χ3v) is 4.98. The van der Waals surface area contributed by atoms with Gasteiger partial charge in [0.1, 0.15) is 5.75 Å². The normalized spacial score (nSPS) is 11.4. The van der Waals surface area contributed by atoms with Crippen LogP contribution in [0.2, 0.25) is 0 Å². The molecule has 0 radical (unpaired) electrons. The van der Waals surface area contributed by atoms with Crippen LogP contribution in [0.4, 0.5) is 0 Å². The molecule has 0 saturated heterocycles. The molecule has 0 unspecified atom stereocenters. The summed E-state index contributed by atoms with van der Waals surface area (Å²) >= 11 is 0. The number of methoxy groups -OCH3 is 1. The van der Waals surface area contributed by atoms with Crippen molar-refractivity contribution in [3.8, 4) is 39.8 Å². The van der Waals surface area contributed by atoms with Crippen molar-refractivity contribution in [2.24, 2.45) is 0 Å². The molecule has 0 N–H and O–H groups in total. The number of hydrogen-bond donors (Lipinski definition) is 0. The van der Waals surface area contributed by atoms with Crippen LogP contribution in [0.5, 0.6) is 5.75 Å². The summed E-state index contributed by atoms with van der Waals surface area (Å²) in [6.45, 7) is 6.59. The minimum absolute atomic E-state index is 0.115. The van der Waals surface area contributed by atoms with Crippen molar-refractivity contribution in [1.29, 1.82) is 0 Å². The van der Waals surface area contributed by atoms with E-state index in [2.05, 4.69) is 55.2 Å². The fourth-order valence-corrected chi connectivity index (χ4v) is 3.16. The van der Waals surface area contributed by atoms with E-state index >= 15 is 0 Å². The summed E-state index contributed by atoms with van der Waals surface area (Å²) in [6, 6.07) is 24.4. The molecule has 3 aromatic carbocycles. The van der Waals surface area contributed by atoms with Gasteiger partial charge in [-0.15, -0.1) is 10.2 Å². The monoisotopic (exact) mass is 384 g/mol. The molecule has 4 rings (SSSR count). The fourth-order valence-electron chi connectivity index (χ4n) is 3.16. The van der Waals surface area contributed by atoms with Crippen LogP contribution in [-0.2, 0) is 5.41 Å². The molecule has 29 heavy (non-hydrogen) atoms. The number of ether oxygens (including phenoxy) is 1. The van der Waals surface area contributed by atoms with Gasteiger partial charge in [-0.05, 0) is 58.5 Å². The average molecular weight is 384 g/mol. The first kappa shape index (κ1) is 18.9. The Balaban J connectivity index is 1.54. The highest BCUT2D eigenvalue weighted by atomic mass is 16.5. The Kier molecular flexibility index (Phi) is 4.93. The van der Waals surface area contributed by atoms with Gasteiger partial charge >= 0.3 is 0 Å². The molecule has 0 saturated carbocycles. The molecule has 0 aliphatic rings. The van der Waals surface area contributed by atoms with Gasteiger partial charge in [-0.3, -0.25) is 0 Å². The summed E-state index contributed by atoms with van der Waals surface area (Å²) in [5, 5.41) is 8.45. The first-order chi connectivity index (χ1) is 13.9. The number of aromatic nitrogens is 2. The van der Waals surface area contributed by atoms with Gasteiger partial charge < -0.3 is 9.15 Å². The minimum Gasteiger partial charge on any atom is -0.497 e. The maximum absolute atomic E-state index is 5.92. The molecule has 4 aromatic rings. The zero-order valence-corrected chi connectivity index (χ0v) is 17.1. The van der Waals surface area contributed by atoms with Crippen molar-refractivity contribution < 1.29 is 9.15 Å². The highest BCUT2D eigenvalue weighted by Crippen LogP contribution is 2.29. The summed E-state index contributed by atoms with van der Waals surface area (Å²) in [7, 11) is 1.67. The largest absolute Gasteiger partial charge is 0.497 e. The highest BCUT2D eigenvalue weighted by Gasteiger charge is 2.15. The molecule has 0 aliphatic carbocycles. The average Bonchev–Trinajstić information content (AvgIpc) is 3.24. The Morgan fingerprint density at radius 1 is 0.621 bits per heavy atom. The second kappa shape index (κ2) is 7.55. The summed E-state index contributed by atoms with van der Waals surface area (Å²) < 4.78 is 11.1. The van der Waals surface area contributed by atoms with Crippen molar-refractivity contribution in [3.05, 3.63) is 78.4 Å². The smallest absolute Gasteiger partial charge is 0.248 e. The van der Waals surface area contributed by atoms with E-state index in [-0.39, 0.29) is 5.41 Å². The van der Waals surface area contributed by atoms with Crippen molar-refractivity contribution in [3.63, 3.8) is 0 Å². The predicted octanol–water partition coefficient (Wildman–Crippen LogP) is 6.38. The number of benzene rings is 3. The first-order valence-electron chi connectivity index (χ1n) is 9.63. The molecule has 0 amide bonds. The van der Waals surface area contributed by atoms with Gasteiger partial charge in [-0.2, -0.15) is 0 Å². The lowest BCUT2D eigenvalue weighted by Crippen LogP contribution is -2.10. The molecule has 0 fully saturated rings. The summed E-state index contributed by atoms with van der Waals surface area (Å²) in [6.07, 6.45) is 0. The molecule has 0 bridgehead atoms. The number of rotatable bonds is 4. The topological polar surface area (TPSA) is 48.2 Å². The second-order valence-corrected chi connectivity index (χ2v) is 8.05. The van der Waals surface area contributed by atoms with Crippen molar-refractivity contribution in [2.75, 3.05) is 7.11 Å². The van der Waals surface area contributed by atoms with E-state index in [0.717, 1.165) is 28.0 Å². The molecule has 0 aliphatic heterocycles. The van der Waals surface area contributed by atoms with E-state index in [4.69, 9.17) is 9.15 Å². The maximum atomic E-state index is 5.92. The zero-order chi connectivity index (χ0) is 20.4. The quantitative estimate of drug-likeness (QED) is 0.410. The fraction of sp³-hybridized carbons (Fsp3) is 0.200. The standard InChI is InChI=1S/C25H24N2O2/c1-25(2,3)21-13-9-20(10-14-21)24-27-26-23(29-24)19-7-5-17(6-8-19)18-11-15-22(28-4)16-12-18/h5-16H,1-4H3. The third kappa shape index (κ3) is 4.06. The van der Waals surface area contributed by atoms with Crippen LogP contribution in [0, 0.1) is 0 Å². The number of nitrogens with zero attached hydrogens (tertiary/aromatic N) is 2. The van der Waals surface area contributed by atoms with Crippen LogP contribution < -0.4 is 4.74 Å². The van der Waals surface area contributed by atoms with Crippen LogP contribution in [0.25, 0.3) is 34.0 Å². The highest BCUT2D eigenvalue weighted by molar-refractivity contribution is 5.68. The Bertz CT molecular complexity index is 1090. The third-order valence-electron chi connectivity index (χ3n) is 4.98. The summed E-state index contributed by atoms with van der Waals surface area (Å²) in [4.78, 5) is 0. The summed E-state index contributed by atoms with van der Waals surface area (Å²) in [5.41, 5.74) is 5.45. The molecule has 4 nitrogen and oxygen atoms in total. The van der Waals surface area contributed by atoms with Crippen LogP contribution in [0.15, 0.2) is 77.2 Å². The van der Waals surface area contributed by atoms with Crippen LogP contribution in [0.3, 0.4) is 0 Å². The minimum atomic E-state index is 0.115. The molecular formula is C25H24N2O2. The Morgan fingerprint density at radius 3 is 1.48 bits per heavy atom. The molecule has 4 heteroatoms. The van der Waals surface area contributed by atoms with E-state index in [1.807, 2.05) is 48.5 Å². The van der Waals surface area contributed by atoms with Gasteiger partial charge in [-0.25, -0.2) is 0 Å². The first-order valence-corrected chi connectivity index (χ1v) is 9.63. The van der Waals surface area contributed by atoms with E-state index in [0.29, 0.717) is 11.8 Å². The van der Waals surface area contributed by atoms with Crippen molar-refractivity contribution >= 4 is 0 Å². The van der Waals surface area contributed by atoms with Crippen molar-refractivity contribution in [2.45, 2.75) is 26.2 Å². The van der Waals surface area contributed by atoms with E-state index in [1.54, 1.807) is 7.11 Å². The second-order valence-electron chi connectivity index (χ2n) is 8.05. The van der Waals surface area contributed by atoms with Gasteiger partial charge in [-0.1, -0.05) is 57.2 Å². The molecule has 146 valence electrons. The Labute approximate surface area is 171 Å². The molecular weight excluding hydrogens is 360 g/mol. The van der Waals surface area contributed by atoms with Crippen LogP contribution in [-0.4, -0.2) is 17.3 Å². The summed E-state index contributed by atoms with van der Waals surface area (Å²) in [5.74, 6) is 1.89. The van der Waals surface area contributed by atoms with Gasteiger partial charge in [0.05, 0.1) is 7.11 Å². The van der Waals surface area contributed by atoms with Gasteiger partial charge in [0.15, 0.2) is 0 Å². The number of hydrogen-bond acceptors (Lipinski definition) is 4. The lowest BCUT2D eigenvalue weighted by molar-refractivity contribution is 0.415. The lowest BCUT2D eigenvalue weighted by Gasteiger charge is -2.18. The lowest BCUT2D eigenvalue weighted by atomic mass is 9.87. The van der Waals surface area contributed by atoms with Crippen LogP contribution in [0.1, 0.15) is 26.3 Å².